The number of benzene rings is 5. The summed E-state index contributed by atoms with van der Waals surface area (Å²) >= 11 is 0. The van der Waals surface area contributed by atoms with Crippen LogP contribution in [0, 0.1) is 5.92 Å². The monoisotopic (exact) mass is 880 g/mol. The Balaban J connectivity index is 0.743. The van der Waals surface area contributed by atoms with Gasteiger partial charge in [0.1, 0.15) is 23.4 Å². The van der Waals surface area contributed by atoms with Crippen LogP contribution in [-0.4, -0.2) is 75.7 Å². The van der Waals surface area contributed by atoms with Crippen LogP contribution in [-0.2, 0) is 13.0 Å². The standard InChI is InChI=1S/C52H51F3N6O4/c53-52(54,55)65-48-13-7-5-11-45(48)50(63)56-32-38-31-47-44-10-4-6-12-46(44)57-51(61(47)58-38)60-28-22-34(23-29-60)33-59-26-24-41(25-27-59)64-40-18-14-36(15-19-40)49-42(35-8-2-1-3-9-35)20-16-37-30-39(62)17-21-43(37)49/h1-15,17-19,21,30-31,34,41-42,49,62H,16,20,22-29,32-33H2,(H,56,63)/t42-,49+/m1/s1. The Morgan fingerprint density at radius 2 is 1.52 bits per heavy atom. The largest absolute Gasteiger partial charge is 0.573 e. The molecule has 2 N–H and O–H groups in total. The van der Waals surface area contributed by atoms with Crippen LogP contribution in [0.25, 0.3) is 16.4 Å². The Morgan fingerprint density at radius 3 is 2.31 bits per heavy atom. The summed E-state index contributed by atoms with van der Waals surface area (Å²) in [5.41, 5.74) is 7.14. The van der Waals surface area contributed by atoms with Crippen LogP contribution in [0.2, 0.25) is 0 Å². The van der Waals surface area contributed by atoms with Crippen molar-refractivity contribution in [3.63, 3.8) is 0 Å². The lowest BCUT2D eigenvalue weighted by Gasteiger charge is -2.38. The first kappa shape index (κ1) is 42.4. The number of rotatable bonds is 11. The molecule has 1 aliphatic carbocycles. The second kappa shape index (κ2) is 18.1. The molecule has 2 saturated heterocycles. The molecule has 0 unspecified atom stereocenters. The maximum Gasteiger partial charge on any atom is 0.573 e. The van der Waals surface area contributed by atoms with Crippen LogP contribution in [0.15, 0.2) is 127 Å². The molecule has 2 aliphatic heterocycles. The number of aromatic nitrogens is 3. The first-order valence-corrected chi connectivity index (χ1v) is 22.6. The maximum absolute atomic E-state index is 13.0. The van der Waals surface area contributed by atoms with E-state index in [0.29, 0.717) is 23.3 Å². The van der Waals surface area contributed by atoms with Gasteiger partial charge < -0.3 is 29.7 Å². The summed E-state index contributed by atoms with van der Waals surface area (Å²) in [4.78, 5) is 23.0. The second-order valence-corrected chi connectivity index (χ2v) is 17.6. The average molecular weight is 881 g/mol. The summed E-state index contributed by atoms with van der Waals surface area (Å²) in [6.07, 6.45) is 1.20. The predicted molar refractivity (Wildman–Crippen MR) is 244 cm³/mol. The molecular weight excluding hydrogens is 830 g/mol. The molecule has 2 fully saturated rings. The number of aromatic hydroxyl groups is 1. The number of anilines is 1. The van der Waals surface area contributed by atoms with Crippen molar-refractivity contribution in [1.82, 2.24) is 24.8 Å². The van der Waals surface area contributed by atoms with Crippen molar-refractivity contribution in [1.29, 1.82) is 0 Å². The molecule has 7 aromatic rings. The van der Waals surface area contributed by atoms with E-state index in [-0.39, 0.29) is 24.1 Å². The number of amides is 1. The number of hydrogen-bond donors (Lipinski definition) is 2. The fourth-order valence-corrected chi connectivity index (χ4v) is 10.3. The minimum atomic E-state index is -4.92. The van der Waals surface area contributed by atoms with Gasteiger partial charge in [0.05, 0.1) is 28.8 Å². The van der Waals surface area contributed by atoms with E-state index < -0.39 is 18.0 Å². The van der Waals surface area contributed by atoms with Gasteiger partial charge in [-0.2, -0.15) is 9.61 Å². The van der Waals surface area contributed by atoms with Gasteiger partial charge in [-0.3, -0.25) is 4.79 Å². The highest BCUT2D eigenvalue weighted by atomic mass is 19.4. The summed E-state index contributed by atoms with van der Waals surface area (Å²) in [6, 6.07) is 40.4. The number of alkyl halides is 3. The SMILES string of the molecule is O=C(NCc1cc2c3ccccc3nc(N3CCC(CN4CCC(Oc5ccc([C@@H]6c7ccc(O)cc7CC[C@@H]6c6ccccc6)cc5)CC4)CC3)n2n1)c1ccccc1OC(F)(F)F. The van der Waals surface area contributed by atoms with Gasteiger partial charge >= 0.3 is 6.36 Å². The minimum Gasteiger partial charge on any atom is -0.508 e. The summed E-state index contributed by atoms with van der Waals surface area (Å²) in [7, 11) is 0. The quantitative estimate of drug-likeness (QED) is 0.132. The van der Waals surface area contributed by atoms with Crippen molar-refractivity contribution in [2.24, 2.45) is 5.92 Å². The molecule has 5 aromatic carbocycles. The highest BCUT2D eigenvalue weighted by molar-refractivity contribution is 5.97. The molecule has 65 heavy (non-hydrogen) atoms. The number of nitrogens with one attached hydrogen (secondary N) is 1. The number of piperidine rings is 2. The minimum absolute atomic E-state index is 0.00346. The third-order valence-electron chi connectivity index (χ3n) is 13.4. The highest BCUT2D eigenvalue weighted by Gasteiger charge is 2.34. The molecule has 1 amide bonds. The molecule has 2 aromatic heterocycles. The lowest BCUT2D eigenvalue weighted by molar-refractivity contribution is -0.274. The van der Waals surface area contributed by atoms with Crippen LogP contribution in [0.5, 0.6) is 17.2 Å². The number of fused-ring (bicyclic) bond motifs is 4. The zero-order valence-electron chi connectivity index (χ0n) is 36.0. The Hall–Kier alpha value is -6.60. The van der Waals surface area contributed by atoms with E-state index in [1.807, 2.05) is 47.0 Å². The van der Waals surface area contributed by atoms with Crippen molar-refractivity contribution in [3.8, 4) is 17.2 Å². The summed E-state index contributed by atoms with van der Waals surface area (Å²) in [6.45, 7) is 4.68. The highest BCUT2D eigenvalue weighted by Crippen LogP contribution is 2.47. The van der Waals surface area contributed by atoms with E-state index in [4.69, 9.17) is 14.8 Å². The molecular formula is C52H51F3N6O4. The molecule has 10 nitrogen and oxygen atoms in total. The number of nitrogens with zero attached hydrogens (tertiary/aromatic N) is 5. The van der Waals surface area contributed by atoms with Crippen LogP contribution in [0.3, 0.4) is 0 Å². The van der Waals surface area contributed by atoms with Crippen molar-refractivity contribution in [2.45, 2.75) is 69.4 Å². The Kier molecular flexibility index (Phi) is 11.8. The van der Waals surface area contributed by atoms with Crippen molar-refractivity contribution in [2.75, 3.05) is 37.6 Å². The first-order chi connectivity index (χ1) is 31.6. The third kappa shape index (κ3) is 9.33. The Labute approximate surface area is 375 Å². The number of para-hydroxylation sites is 2. The van der Waals surface area contributed by atoms with Gasteiger partial charge in [-0.15, -0.1) is 13.2 Å². The lowest BCUT2D eigenvalue weighted by atomic mass is 9.69. The molecule has 0 saturated carbocycles. The number of ether oxygens (including phenoxy) is 2. The van der Waals surface area contributed by atoms with E-state index >= 15 is 0 Å². The molecule has 2 atom stereocenters. The molecule has 4 heterocycles. The molecule has 0 bridgehead atoms. The van der Waals surface area contributed by atoms with E-state index in [1.165, 1.54) is 40.5 Å². The lowest BCUT2D eigenvalue weighted by Crippen LogP contribution is -2.43. The Bertz CT molecular complexity index is 2780. The normalized spacial score (nSPS) is 18.7. The number of phenolic OH excluding ortho intramolecular Hbond substituents is 1. The van der Waals surface area contributed by atoms with Crippen LogP contribution in [0.1, 0.15) is 82.2 Å². The van der Waals surface area contributed by atoms with Gasteiger partial charge in [-0.1, -0.05) is 78.9 Å². The Morgan fingerprint density at radius 1 is 0.785 bits per heavy atom. The smallest absolute Gasteiger partial charge is 0.508 e. The number of halogens is 3. The second-order valence-electron chi connectivity index (χ2n) is 17.6. The van der Waals surface area contributed by atoms with Crippen LogP contribution < -0.4 is 19.7 Å². The van der Waals surface area contributed by atoms with Crippen molar-refractivity contribution < 1.29 is 32.5 Å². The molecule has 0 spiro atoms. The van der Waals surface area contributed by atoms with E-state index in [2.05, 4.69) is 80.5 Å². The van der Waals surface area contributed by atoms with Crippen LogP contribution >= 0.6 is 0 Å². The number of likely N-dealkylation sites (tertiary alicyclic amines) is 1. The average Bonchev–Trinajstić information content (AvgIpc) is 3.76. The fourth-order valence-electron chi connectivity index (χ4n) is 10.3. The van der Waals surface area contributed by atoms with Crippen molar-refractivity contribution >= 4 is 28.3 Å². The summed E-state index contributed by atoms with van der Waals surface area (Å²) in [5, 5.41) is 18.7. The van der Waals surface area contributed by atoms with Gasteiger partial charge in [0.2, 0.25) is 5.95 Å². The van der Waals surface area contributed by atoms with Crippen LogP contribution in [0.4, 0.5) is 19.1 Å². The van der Waals surface area contributed by atoms with Gasteiger partial charge in [-0.05, 0) is 121 Å². The maximum atomic E-state index is 13.0. The molecule has 0 radical (unpaired) electrons. The summed E-state index contributed by atoms with van der Waals surface area (Å²) < 4.78 is 51.5. The number of phenols is 1. The third-order valence-corrected chi connectivity index (χ3v) is 13.4. The molecule has 3 aliphatic rings. The van der Waals surface area contributed by atoms with Gasteiger partial charge in [0.25, 0.3) is 5.91 Å². The fraction of sp³-hybridized carbons (Fsp3) is 0.327. The predicted octanol–water partition coefficient (Wildman–Crippen LogP) is 10.0. The molecule has 13 heteroatoms. The van der Waals surface area contributed by atoms with E-state index in [0.717, 1.165) is 105 Å². The summed E-state index contributed by atoms with van der Waals surface area (Å²) in [5.74, 6) is 1.80. The van der Waals surface area contributed by atoms with Gasteiger partial charge in [0, 0.05) is 44.0 Å². The van der Waals surface area contributed by atoms with E-state index in [9.17, 15) is 23.1 Å². The molecule has 10 rings (SSSR count). The van der Waals surface area contributed by atoms with Gasteiger partial charge in [-0.25, -0.2) is 4.98 Å². The van der Waals surface area contributed by atoms with Crippen molar-refractivity contribution in [3.05, 3.63) is 161 Å². The topological polar surface area (TPSA) is 104 Å². The molecule has 334 valence electrons. The van der Waals surface area contributed by atoms with Gasteiger partial charge in [0.15, 0.2) is 0 Å². The first-order valence-electron chi connectivity index (χ1n) is 22.6. The zero-order chi connectivity index (χ0) is 44.5. The number of hydrogen-bond acceptors (Lipinski definition) is 8. The van der Waals surface area contributed by atoms with E-state index in [1.54, 1.807) is 0 Å². The zero-order valence-corrected chi connectivity index (χ0v) is 36.0. The number of carbonyl (C=O) groups excluding carboxylic acids is 1. The number of aryl methyl sites for hydroxylation is 1. The number of carbonyl (C=O) groups is 1.